The molecule has 26 heavy (non-hydrogen) atoms. The number of aromatic nitrogens is 3. The van der Waals surface area contributed by atoms with E-state index in [4.69, 9.17) is 11.6 Å². The van der Waals surface area contributed by atoms with E-state index in [9.17, 15) is 9.59 Å². The smallest absolute Gasteiger partial charge is 0.339 e. The fraction of sp³-hybridized carbons (Fsp3) is 0.412. The average Bonchev–Trinajstić information content (AvgIpc) is 3.03. The van der Waals surface area contributed by atoms with Crippen LogP contribution in [0.5, 0.6) is 0 Å². The van der Waals surface area contributed by atoms with Crippen LogP contribution in [0.15, 0.2) is 18.2 Å². The van der Waals surface area contributed by atoms with E-state index in [1.165, 1.54) is 19.2 Å². The van der Waals surface area contributed by atoms with E-state index >= 15 is 0 Å². The zero-order chi connectivity index (χ0) is 18.7. The van der Waals surface area contributed by atoms with Crippen LogP contribution in [0, 0.1) is 6.92 Å². The van der Waals surface area contributed by atoms with Gasteiger partial charge >= 0.3 is 5.97 Å². The quantitative estimate of drug-likeness (QED) is 0.792. The number of carbonyl (C=O) groups excluding carboxylic acids is 2. The van der Waals surface area contributed by atoms with E-state index in [-0.39, 0.29) is 28.2 Å². The molecule has 1 aromatic carbocycles. The first-order chi connectivity index (χ1) is 12.5. The van der Waals surface area contributed by atoms with Gasteiger partial charge < -0.3 is 15.4 Å². The average molecular weight is 378 g/mol. The van der Waals surface area contributed by atoms with Crippen molar-refractivity contribution in [3.05, 3.63) is 40.2 Å². The second-order valence-corrected chi connectivity index (χ2v) is 6.50. The van der Waals surface area contributed by atoms with Gasteiger partial charge in [-0.1, -0.05) is 16.8 Å². The molecular weight excluding hydrogens is 358 g/mol. The molecule has 1 aromatic heterocycles. The van der Waals surface area contributed by atoms with Gasteiger partial charge in [0, 0.05) is 5.69 Å². The van der Waals surface area contributed by atoms with Gasteiger partial charge in [-0.3, -0.25) is 4.79 Å². The zero-order valence-electron chi connectivity index (χ0n) is 14.6. The van der Waals surface area contributed by atoms with Crippen molar-refractivity contribution in [3.63, 3.8) is 0 Å². The highest BCUT2D eigenvalue weighted by atomic mass is 35.5. The van der Waals surface area contributed by atoms with Crippen molar-refractivity contribution in [2.45, 2.75) is 25.8 Å². The van der Waals surface area contributed by atoms with Crippen molar-refractivity contribution in [2.24, 2.45) is 0 Å². The maximum atomic E-state index is 12.5. The summed E-state index contributed by atoms with van der Waals surface area (Å²) in [6, 6.07) is 4.84. The molecule has 8 nitrogen and oxygen atoms in total. The Morgan fingerprint density at radius 3 is 2.73 bits per heavy atom. The van der Waals surface area contributed by atoms with Crippen LogP contribution in [-0.2, 0) is 4.74 Å². The Kier molecular flexibility index (Phi) is 5.53. The highest BCUT2D eigenvalue weighted by Gasteiger charge is 2.23. The Hall–Kier alpha value is -2.45. The number of hydrogen-bond acceptors (Lipinski definition) is 6. The van der Waals surface area contributed by atoms with Gasteiger partial charge in [0.1, 0.15) is 0 Å². The first-order valence-corrected chi connectivity index (χ1v) is 8.70. The highest BCUT2D eigenvalue weighted by molar-refractivity contribution is 6.34. The number of amides is 1. The van der Waals surface area contributed by atoms with Gasteiger partial charge in [-0.15, -0.1) is 5.10 Å². The number of piperidine rings is 1. The minimum Gasteiger partial charge on any atom is -0.465 e. The van der Waals surface area contributed by atoms with Crippen LogP contribution in [0.1, 0.15) is 45.4 Å². The van der Waals surface area contributed by atoms with Gasteiger partial charge in [0.05, 0.1) is 29.4 Å². The normalized spacial score (nSPS) is 14.9. The third kappa shape index (κ3) is 3.71. The molecule has 0 atom stereocenters. The largest absolute Gasteiger partial charge is 0.465 e. The second-order valence-electron chi connectivity index (χ2n) is 6.09. The third-order valence-corrected chi connectivity index (χ3v) is 4.74. The lowest BCUT2D eigenvalue weighted by atomic mass is 10.1. The van der Waals surface area contributed by atoms with E-state index < -0.39 is 5.97 Å². The molecule has 138 valence electrons. The fourth-order valence-electron chi connectivity index (χ4n) is 3.01. The number of ether oxygens (including phenoxy) is 1. The molecule has 2 heterocycles. The second kappa shape index (κ2) is 7.84. The van der Waals surface area contributed by atoms with Crippen LogP contribution in [0.4, 0.5) is 5.69 Å². The standard InChI is InChI=1S/C17H20ClN5O3/c1-10-15(21-22-23(10)12-5-7-19-8-6-12)16(24)20-11-3-4-13(14(18)9-11)17(25)26-2/h3-4,9,12,19H,5-8H2,1-2H3,(H,20,24). The van der Waals surface area contributed by atoms with Gasteiger partial charge in [-0.25, -0.2) is 9.48 Å². The molecule has 9 heteroatoms. The van der Waals surface area contributed by atoms with Crippen LogP contribution in [0.2, 0.25) is 5.02 Å². The van der Waals surface area contributed by atoms with E-state index in [0.717, 1.165) is 31.6 Å². The predicted molar refractivity (Wildman–Crippen MR) is 96.6 cm³/mol. The minimum atomic E-state index is -0.534. The lowest BCUT2D eigenvalue weighted by Gasteiger charge is -2.23. The Labute approximate surface area is 155 Å². The van der Waals surface area contributed by atoms with Gasteiger partial charge in [0.15, 0.2) is 5.69 Å². The van der Waals surface area contributed by atoms with E-state index in [2.05, 4.69) is 25.7 Å². The summed E-state index contributed by atoms with van der Waals surface area (Å²) in [6.07, 6.45) is 1.91. The number of nitrogens with zero attached hydrogens (tertiary/aromatic N) is 3. The summed E-state index contributed by atoms with van der Waals surface area (Å²) in [5.41, 5.74) is 1.70. The Balaban J connectivity index is 1.75. The van der Waals surface area contributed by atoms with Gasteiger partial charge in [0.25, 0.3) is 5.91 Å². The minimum absolute atomic E-state index is 0.199. The van der Waals surface area contributed by atoms with Crippen molar-refractivity contribution in [3.8, 4) is 0 Å². The molecule has 3 rings (SSSR count). The molecule has 1 fully saturated rings. The molecule has 0 radical (unpaired) electrons. The Bertz CT molecular complexity index is 830. The fourth-order valence-corrected chi connectivity index (χ4v) is 3.27. The number of methoxy groups -OCH3 is 1. The molecule has 1 saturated heterocycles. The van der Waals surface area contributed by atoms with Crippen molar-refractivity contribution in [1.29, 1.82) is 0 Å². The number of benzene rings is 1. The molecule has 2 aromatic rings. The van der Waals surface area contributed by atoms with E-state index in [0.29, 0.717) is 5.69 Å². The maximum Gasteiger partial charge on any atom is 0.339 e. The number of carbonyl (C=O) groups is 2. The van der Waals surface area contributed by atoms with E-state index in [1.54, 1.807) is 6.07 Å². The number of esters is 1. The van der Waals surface area contributed by atoms with Crippen LogP contribution in [-0.4, -0.2) is 47.1 Å². The monoisotopic (exact) mass is 377 g/mol. The summed E-state index contributed by atoms with van der Waals surface area (Å²) in [6.45, 7) is 3.69. The van der Waals surface area contributed by atoms with Gasteiger partial charge in [0.2, 0.25) is 0 Å². The van der Waals surface area contributed by atoms with Gasteiger partial charge in [-0.2, -0.15) is 0 Å². The first-order valence-electron chi connectivity index (χ1n) is 8.33. The number of anilines is 1. The van der Waals surface area contributed by atoms with Crippen LogP contribution >= 0.6 is 11.6 Å². The molecule has 0 saturated carbocycles. The zero-order valence-corrected chi connectivity index (χ0v) is 15.3. The third-order valence-electron chi connectivity index (χ3n) is 4.43. The number of rotatable bonds is 4. The van der Waals surface area contributed by atoms with Gasteiger partial charge in [-0.05, 0) is 51.1 Å². The van der Waals surface area contributed by atoms with Crippen molar-refractivity contribution in [2.75, 3.05) is 25.5 Å². The summed E-state index contributed by atoms with van der Waals surface area (Å²) in [5, 5.41) is 14.4. The molecule has 1 aliphatic heterocycles. The molecule has 0 spiro atoms. The van der Waals surface area contributed by atoms with Crippen molar-refractivity contribution >= 4 is 29.2 Å². The SMILES string of the molecule is COC(=O)c1ccc(NC(=O)c2nnn(C3CCNCC3)c2C)cc1Cl. The summed E-state index contributed by atoms with van der Waals surface area (Å²) >= 11 is 6.08. The van der Waals surface area contributed by atoms with E-state index in [1.807, 2.05) is 11.6 Å². The molecule has 0 bridgehead atoms. The van der Waals surface area contributed by atoms with Crippen LogP contribution in [0.25, 0.3) is 0 Å². The topological polar surface area (TPSA) is 98.1 Å². The van der Waals surface area contributed by atoms with Crippen molar-refractivity contribution < 1.29 is 14.3 Å². The number of halogens is 1. The summed E-state index contributed by atoms with van der Waals surface area (Å²) in [4.78, 5) is 24.1. The molecule has 0 unspecified atom stereocenters. The molecule has 1 aliphatic rings. The van der Waals surface area contributed by atoms with Crippen molar-refractivity contribution in [1.82, 2.24) is 20.3 Å². The Morgan fingerprint density at radius 1 is 1.35 bits per heavy atom. The lowest BCUT2D eigenvalue weighted by molar-refractivity contribution is 0.0601. The maximum absolute atomic E-state index is 12.5. The van der Waals surface area contributed by atoms with Crippen LogP contribution in [0.3, 0.4) is 0 Å². The Morgan fingerprint density at radius 2 is 2.08 bits per heavy atom. The number of nitrogens with one attached hydrogen (secondary N) is 2. The summed E-state index contributed by atoms with van der Waals surface area (Å²) in [5.74, 6) is -0.904. The first kappa shape index (κ1) is 18.3. The molecule has 2 N–H and O–H groups in total. The highest BCUT2D eigenvalue weighted by Crippen LogP contribution is 2.23. The molecular formula is C17H20ClN5O3. The molecule has 1 amide bonds. The predicted octanol–water partition coefficient (Wildman–Crippen LogP) is 2.20. The number of hydrogen-bond donors (Lipinski definition) is 2. The summed E-state index contributed by atoms with van der Waals surface area (Å²) in [7, 11) is 1.28. The summed E-state index contributed by atoms with van der Waals surface area (Å²) < 4.78 is 6.47. The van der Waals surface area contributed by atoms with Crippen LogP contribution < -0.4 is 10.6 Å². The lowest BCUT2D eigenvalue weighted by Crippen LogP contribution is -2.30. The molecule has 0 aliphatic carbocycles.